The summed E-state index contributed by atoms with van der Waals surface area (Å²) in [6.45, 7) is 8.71. The number of benzene rings is 1. The Morgan fingerprint density at radius 3 is 2.18 bits per heavy atom. The summed E-state index contributed by atoms with van der Waals surface area (Å²) in [5.74, 6) is 1.45. The normalized spacial score (nSPS) is 12.8. The maximum atomic E-state index is 11.9. The van der Waals surface area contributed by atoms with E-state index in [2.05, 4.69) is 39.8 Å². The molecule has 1 aromatic rings. The van der Waals surface area contributed by atoms with Crippen LogP contribution >= 0.6 is 0 Å². The Balaban J connectivity index is 2.64. The Hall–Kier alpha value is -1.11. The molecule has 0 bridgehead atoms. The number of Topliss-reactive ketones (excluding diaryl/α,β-unsaturated/α-hetero) is 1. The molecular formula is C16H24O. The largest absolute Gasteiger partial charge is 0.294 e. The van der Waals surface area contributed by atoms with E-state index in [0.29, 0.717) is 18.3 Å². The molecule has 1 unspecified atom stereocenters. The van der Waals surface area contributed by atoms with E-state index in [1.165, 1.54) is 5.56 Å². The number of carbonyl (C=O) groups excluding carboxylic acids is 1. The molecule has 0 saturated heterocycles. The first-order chi connectivity index (χ1) is 8.04. The van der Waals surface area contributed by atoms with Crippen LogP contribution < -0.4 is 0 Å². The van der Waals surface area contributed by atoms with Crippen LogP contribution in [0.4, 0.5) is 0 Å². The third kappa shape index (κ3) is 4.33. The summed E-state index contributed by atoms with van der Waals surface area (Å²) in [5.41, 5.74) is 2.19. The van der Waals surface area contributed by atoms with Gasteiger partial charge >= 0.3 is 0 Å². The molecule has 94 valence electrons. The van der Waals surface area contributed by atoms with Gasteiger partial charge in [-0.1, -0.05) is 52.0 Å². The van der Waals surface area contributed by atoms with Gasteiger partial charge in [0.1, 0.15) is 0 Å². The highest BCUT2D eigenvalue weighted by atomic mass is 16.1. The molecular weight excluding hydrogens is 208 g/mol. The van der Waals surface area contributed by atoms with Crippen LogP contribution in [0.1, 0.15) is 68.8 Å². The third-order valence-corrected chi connectivity index (χ3v) is 3.36. The Morgan fingerprint density at radius 1 is 1.12 bits per heavy atom. The number of rotatable bonds is 6. The SMILES string of the molecule is CCC(C)c1ccc(C(=O)CCC(C)C)cc1. The fourth-order valence-corrected chi connectivity index (χ4v) is 1.80. The van der Waals surface area contributed by atoms with Gasteiger partial charge in [-0.05, 0) is 30.2 Å². The molecule has 1 aromatic carbocycles. The number of hydrogen-bond donors (Lipinski definition) is 0. The summed E-state index contributed by atoms with van der Waals surface area (Å²) in [4.78, 5) is 11.9. The summed E-state index contributed by atoms with van der Waals surface area (Å²) >= 11 is 0. The predicted octanol–water partition coefficient (Wildman–Crippen LogP) is 4.82. The summed E-state index contributed by atoms with van der Waals surface area (Å²) in [5, 5.41) is 0. The number of hydrogen-bond acceptors (Lipinski definition) is 1. The maximum absolute atomic E-state index is 11.9. The van der Waals surface area contributed by atoms with Crippen LogP contribution in [0.5, 0.6) is 0 Å². The zero-order valence-electron chi connectivity index (χ0n) is 11.5. The van der Waals surface area contributed by atoms with Crippen LogP contribution in [-0.2, 0) is 0 Å². The van der Waals surface area contributed by atoms with E-state index >= 15 is 0 Å². The molecule has 0 N–H and O–H groups in total. The molecule has 0 spiro atoms. The van der Waals surface area contributed by atoms with E-state index in [4.69, 9.17) is 0 Å². The monoisotopic (exact) mass is 232 g/mol. The highest BCUT2D eigenvalue weighted by molar-refractivity contribution is 5.96. The minimum Gasteiger partial charge on any atom is -0.294 e. The molecule has 1 nitrogen and oxygen atoms in total. The first-order valence-electron chi connectivity index (χ1n) is 6.67. The Morgan fingerprint density at radius 2 is 1.71 bits per heavy atom. The highest BCUT2D eigenvalue weighted by Gasteiger charge is 2.08. The number of carbonyl (C=O) groups is 1. The minimum atomic E-state index is 0.273. The average Bonchev–Trinajstić information content (AvgIpc) is 2.35. The van der Waals surface area contributed by atoms with Crippen molar-refractivity contribution in [2.24, 2.45) is 5.92 Å². The van der Waals surface area contributed by atoms with Gasteiger partial charge in [0.05, 0.1) is 0 Å². The van der Waals surface area contributed by atoms with Gasteiger partial charge in [0.25, 0.3) is 0 Å². The van der Waals surface area contributed by atoms with E-state index in [0.717, 1.165) is 18.4 Å². The van der Waals surface area contributed by atoms with Crippen molar-refractivity contribution in [2.75, 3.05) is 0 Å². The van der Waals surface area contributed by atoms with Crippen molar-refractivity contribution in [1.29, 1.82) is 0 Å². The van der Waals surface area contributed by atoms with E-state index in [9.17, 15) is 4.79 Å². The van der Waals surface area contributed by atoms with Gasteiger partial charge in [0.2, 0.25) is 0 Å². The summed E-state index contributed by atoms with van der Waals surface area (Å²) in [6, 6.07) is 8.14. The van der Waals surface area contributed by atoms with Crippen molar-refractivity contribution < 1.29 is 4.79 Å². The van der Waals surface area contributed by atoms with Crippen LogP contribution in [-0.4, -0.2) is 5.78 Å². The fourth-order valence-electron chi connectivity index (χ4n) is 1.80. The molecule has 17 heavy (non-hydrogen) atoms. The van der Waals surface area contributed by atoms with Crippen LogP contribution in [0.25, 0.3) is 0 Å². The average molecular weight is 232 g/mol. The van der Waals surface area contributed by atoms with E-state index in [1.807, 2.05) is 12.1 Å². The molecule has 0 radical (unpaired) electrons. The summed E-state index contributed by atoms with van der Waals surface area (Å²) < 4.78 is 0. The molecule has 0 amide bonds. The lowest BCUT2D eigenvalue weighted by Crippen LogP contribution is -2.02. The van der Waals surface area contributed by atoms with E-state index in [1.54, 1.807) is 0 Å². The molecule has 0 aliphatic heterocycles. The molecule has 1 heteroatoms. The van der Waals surface area contributed by atoms with Crippen LogP contribution in [0.2, 0.25) is 0 Å². The van der Waals surface area contributed by atoms with E-state index < -0.39 is 0 Å². The van der Waals surface area contributed by atoms with Crippen LogP contribution in [0.15, 0.2) is 24.3 Å². The van der Waals surface area contributed by atoms with Gasteiger partial charge in [0.15, 0.2) is 5.78 Å². The fraction of sp³-hybridized carbons (Fsp3) is 0.562. The molecule has 1 atom stereocenters. The summed E-state index contributed by atoms with van der Waals surface area (Å²) in [7, 11) is 0. The zero-order valence-corrected chi connectivity index (χ0v) is 11.5. The van der Waals surface area contributed by atoms with Gasteiger partial charge in [-0.25, -0.2) is 0 Å². The molecule has 0 heterocycles. The maximum Gasteiger partial charge on any atom is 0.162 e. The van der Waals surface area contributed by atoms with Crippen molar-refractivity contribution in [2.45, 2.75) is 52.9 Å². The van der Waals surface area contributed by atoms with Crippen molar-refractivity contribution >= 4 is 5.78 Å². The topological polar surface area (TPSA) is 17.1 Å². The quantitative estimate of drug-likeness (QED) is 0.643. The first kappa shape index (κ1) is 14.0. The van der Waals surface area contributed by atoms with Crippen molar-refractivity contribution in [3.63, 3.8) is 0 Å². The molecule has 0 aliphatic carbocycles. The van der Waals surface area contributed by atoms with Gasteiger partial charge in [-0.15, -0.1) is 0 Å². The van der Waals surface area contributed by atoms with Gasteiger partial charge < -0.3 is 0 Å². The standard InChI is InChI=1S/C16H24O/c1-5-13(4)14-7-9-15(10-8-14)16(17)11-6-12(2)3/h7-10,12-13H,5-6,11H2,1-4H3. The molecule has 0 aliphatic rings. The Kier molecular flexibility index (Phi) is 5.40. The lowest BCUT2D eigenvalue weighted by Gasteiger charge is -2.09. The van der Waals surface area contributed by atoms with Crippen molar-refractivity contribution in [3.8, 4) is 0 Å². The van der Waals surface area contributed by atoms with Gasteiger partial charge in [0, 0.05) is 12.0 Å². The lowest BCUT2D eigenvalue weighted by molar-refractivity contribution is 0.0975. The molecule has 0 aromatic heterocycles. The highest BCUT2D eigenvalue weighted by Crippen LogP contribution is 2.19. The molecule has 0 saturated carbocycles. The predicted molar refractivity (Wildman–Crippen MR) is 73.6 cm³/mol. The minimum absolute atomic E-state index is 0.273. The third-order valence-electron chi connectivity index (χ3n) is 3.36. The van der Waals surface area contributed by atoms with Crippen LogP contribution in [0, 0.1) is 5.92 Å². The summed E-state index contributed by atoms with van der Waals surface area (Å²) in [6.07, 6.45) is 2.78. The van der Waals surface area contributed by atoms with Gasteiger partial charge in [-0.3, -0.25) is 4.79 Å². The lowest BCUT2D eigenvalue weighted by atomic mass is 9.95. The van der Waals surface area contributed by atoms with Crippen molar-refractivity contribution in [3.05, 3.63) is 35.4 Å². The Labute approximate surface area is 105 Å². The second-order valence-corrected chi connectivity index (χ2v) is 5.29. The number of ketones is 1. The smallest absolute Gasteiger partial charge is 0.162 e. The Bertz CT molecular complexity index is 348. The zero-order chi connectivity index (χ0) is 12.8. The molecule has 1 rings (SSSR count). The van der Waals surface area contributed by atoms with Gasteiger partial charge in [-0.2, -0.15) is 0 Å². The van der Waals surface area contributed by atoms with E-state index in [-0.39, 0.29) is 5.78 Å². The molecule has 0 fully saturated rings. The van der Waals surface area contributed by atoms with Crippen molar-refractivity contribution in [1.82, 2.24) is 0 Å². The second kappa shape index (κ2) is 6.58. The first-order valence-corrected chi connectivity index (χ1v) is 6.67. The second-order valence-electron chi connectivity index (χ2n) is 5.29. The van der Waals surface area contributed by atoms with Crippen LogP contribution in [0.3, 0.4) is 0 Å².